The zero-order valence-electron chi connectivity index (χ0n) is 32.3. The molecular formula is C44H54N4O8. The van der Waals surface area contributed by atoms with E-state index in [1.165, 1.54) is 0 Å². The summed E-state index contributed by atoms with van der Waals surface area (Å²) in [6.07, 6.45) is -4.55. The van der Waals surface area contributed by atoms with Gasteiger partial charge in [0.05, 0.1) is 12.1 Å². The van der Waals surface area contributed by atoms with Crippen molar-refractivity contribution in [2.75, 3.05) is 0 Å². The van der Waals surface area contributed by atoms with Gasteiger partial charge in [-0.3, -0.25) is 9.59 Å². The molecular weight excluding hydrogens is 713 g/mol. The molecule has 0 radical (unpaired) electrons. The van der Waals surface area contributed by atoms with Crippen LogP contribution in [-0.4, -0.2) is 70.6 Å². The third-order valence-electron chi connectivity index (χ3n) is 9.30. The zero-order chi connectivity index (χ0) is 40.5. The number of rotatable bonds is 19. The summed E-state index contributed by atoms with van der Waals surface area (Å²) in [4.78, 5) is 53.4. The first-order valence-electron chi connectivity index (χ1n) is 18.9. The van der Waals surface area contributed by atoms with E-state index in [1.807, 2.05) is 121 Å². The van der Waals surface area contributed by atoms with E-state index in [1.54, 1.807) is 27.7 Å². The molecule has 0 aromatic heterocycles. The zero-order valence-corrected chi connectivity index (χ0v) is 32.3. The van der Waals surface area contributed by atoms with Crippen molar-refractivity contribution in [2.45, 2.75) is 90.1 Å². The van der Waals surface area contributed by atoms with Gasteiger partial charge >= 0.3 is 12.2 Å². The van der Waals surface area contributed by atoms with Crippen LogP contribution in [0.3, 0.4) is 0 Å². The fourth-order valence-electron chi connectivity index (χ4n) is 6.12. The SMILES string of the molecule is CC(C)C(NC(=O)OCc1ccccc1)C(=O)N[C@@H](Cc1ccccc1)[C@H](O)[C@H](O)[C@H](Cc1ccccc1)NC(=O)C(NC(=O)OCc1ccccc1)C(C)C. The fraction of sp³-hybridized carbons (Fsp3) is 0.364. The highest BCUT2D eigenvalue weighted by Gasteiger charge is 2.37. The molecule has 0 heterocycles. The maximum absolute atomic E-state index is 13.9. The van der Waals surface area contributed by atoms with Gasteiger partial charge in [0.15, 0.2) is 0 Å². The summed E-state index contributed by atoms with van der Waals surface area (Å²) in [5.74, 6) is -1.93. The molecule has 2 unspecified atom stereocenters. The number of benzene rings is 4. The molecule has 0 spiro atoms. The molecule has 0 aliphatic rings. The molecule has 0 aliphatic heterocycles. The normalized spacial score (nSPS) is 14.4. The lowest BCUT2D eigenvalue weighted by Crippen LogP contribution is -2.61. The minimum Gasteiger partial charge on any atom is -0.445 e. The minimum absolute atomic E-state index is 0.0111. The number of amides is 4. The lowest BCUT2D eigenvalue weighted by molar-refractivity contribution is -0.129. The number of aliphatic hydroxyl groups excluding tert-OH is 2. The Kier molecular flexibility index (Phi) is 16.9. The predicted molar refractivity (Wildman–Crippen MR) is 213 cm³/mol. The van der Waals surface area contributed by atoms with Gasteiger partial charge in [0.25, 0.3) is 0 Å². The monoisotopic (exact) mass is 766 g/mol. The average molecular weight is 767 g/mol. The molecule has 56 heavy (non-hydrogen) atoms. The van der Waals surface area contributed by atoms with Gasteiger partial charge in [-0.1, -0.05) is 149 Å². The summed E-state index contributed by atoms with van der Waals surface area (Å²) in [6.45, 7) is 7.08. The molecule has 0 fully saturated rings. The second-order valence-corrected chi connectivity index (χ2v) is 14.4. The third-order valence-corrected chi connectivity index (χ3v) is 9.30. The summed E-state index contributed by atoms with van der Waals surface area (Å²) in [7, 11) is 0. The Bertz CT molecular complexity index is 1660. The van der Waals surface area contributed by atoms with Gasteiger partial charge in [-0.15, -0.1) is 0 Å². The molecule has 0 aliphatic carbocycles. The standard InChI is InChI=1S/C44H54N4O8/c1-29(2)37(47-43(53)55-27-33-21-13-7-14-22-33)41(51)45-35(25-31-17-9-5-10-18-31)39(49)40(50)36(26-32-19-11-6-12-20-32)46-42(52)38(30(3)4)48-44(54)56-28-34-23-15-8-16-24-34/h5-24,29-30,35-40,49-50H,25-28H2,1-4H3,(H,45,51)(H,46,52)(H,47,53)(H,48,54)/t35-,36-,37?,38?,39-,40+/m0/s1. The van der Waals surface area contributed by atoms with E-state index >= 15 is 0 Å². The molecule has 0 saturated heterocycles. The Morgan fingerprint density at radius 1 is 0.464 bits per heavy atom. The second kappa shape index (κ2) is 22.0. The lowest BCUT2D eigenvalue weighted by atomic mass is 9.90. The molecule has 4 aromatic carbocycles. The van der Waals surface area contributed by atoms with E-state index in [0.717, 1.165) is 22.3 Å². The average Bonchev–Trinajstić information content (AvgIpc) is 3.20. The van der Waals surface area contributed by atoms with Crippen molar-refractivity contribution in [2.24, 2.45) is 11.8 Å². The van der Waals surface area contributed by atoms with Crippen LogP contribution in [0.4, 0.5) is 9.59 Å². The molecule has 4 amide bonds. The molecule has 4 aromatic rings. The van der Waals surface area contributed by atoms with E-state index in [9.17, 15) is 29.4 Å². The first-order valence-corrected chi connectivity index (χ1v) is 18.9. The highest BCUT2D eigenvalue weighted by Crippen LogP contribution is 2.17. The van der Waals surface area contributed by atoms with Crippen LogP contribution >= 0.6 is 0 Å². The molecule has 12 heteroatoms. The Labute approximate surface area is 329 Å². The van der Waals surface area contributed by atoms with Gasteiger partial charge in [-0.05, 0) is 46.9 Å². The summed E-state index contributed by atoms with van der Waals surface area (Å²) < 4.78 is 10.7. The quantitative estimate of drug-likeness (QED) is 0.0768. The largest absolute Gasteiger partial charge is 0.445 e. The van der Waals surface area contributed by atoms with E-state index < -0.39 is 60.4 Å². The van der Waals surface area contributed by atoms with Crippen LogP contribution in [0.25, 0.3) is 0 Å². The molecule has 6 atom stereocenters. The van der Waals surface area contributed by atoms with Gasteiger partial charge in [0.2, 0.25) is 11.8 Å². The Balaban J connectivity index is 1.53. The van der Waals surface area contributed by atoms with Crippen molar-refractivity contribution in [3.63, 3.8) is 0 Å². The summed E-state index contributed by atoms with van der Waals surface area (Å²) in [5, 5.41) is 34.9. The van der Waals surface area contributed by atoms with Crippen LogP contribution in [0.5, 0.6) is 0 Å². The first kappa shape index (κ1) is 43.0. The highest BCUT2D eigenvalue weighted by molar-refractivity contribution is 5.87. The van der Waals surface area contributed by atoms with Gasteiger partial charge in [-0.25, -0.2) is 9.59 Å². The molecule has 12 nitrogen and oxygen atoms in total. The van der Waals surface area contributed by atoms with Crippen LogP contribution < -0.4 is 21.3 Å². The van der Waals surface area contributed by atoms with Crippen molar-refractivity contribution < 1.29 is 38.9 Å². The van der Waals surface area contributed by atoms with Gasteiger partial charge in [0, 0.05) is 0 Å². The van der Waals surface area contributed by atoms with Crippen molar-refractivity contribution >= 4 is 24.0 Å². The number of nitrogens with one attached hydrogen (secondary N) is 4. The van der Waals surface area contributed by atoms with E-state index in [4.69, 9.17) is 9.47 Å². The predicted octanol–water partition coefficient (Wildman–Crippen LogP) is 5.07. The maximum Gasteiger partial charge on any atom is 0.408 e. The van der Waals surface area contributed by atoms with Crippen LogP contribution in [0.1, 0.15) is 49.9 Å². The Hall–Kier alpha value is -5.72. The van der Waals surface area contributed by atoms with Gasteiger partial charge < -0.3 is 41.0 Å². The maximum atomic E-state index is 13.9. The Morgan fingerprint density at radius 2 is 0.750 bits per heavy atom. The van der Waals surface area contributed by atoms with Crippen molar-refractivity contribution in [3.8, 4) is 0 Å². The van der Waals surface area contributed by atoms with Crippen LogP contribution in [0, 0.1) is 11.8 Å². The Morgan fingerprint density at radius 3 is 1.04 bits per heavy atom. The number of hydrogen-bond acceptors (Lipinski definition) is 8. The smallest absolute Gasteiger partial charge is 0.408 e. The number of carbonyl (C=O) groups excluding carboxylic acids is 4. The first-order chi connectivity index (χ1) is 26.9. The summed E-state index contributed by atoms with van der Waals surface area (Å²) in [5.41, 5.74) is 3.09. The van der Waals surface area contributed by atoms with E-state index in [0.29, 0.717) is 0 Å². The van der Waals surface area contributed by atoms with Crippen molar-refractivity contribution in [1.29, 1.82) is 0 Å². The molecule has 4 rings (SSSR count). The minimum atomic E-state index is -1.60. The van der Waals surface area contributed by atoms with Crippen molar-refractivity contribution in [3.05, 3.63) is 144 Å². The van der Waals surface area contributed by atoms with Crippen LogP contribution in [0.2, 0.25) is 0 Å². The molecule has 0 bridgehead atoms. The number of alkyl carbamates (subject to hydrolysis) is 2. The van der Waals surface area contributed by atoms with Gasteiger partial charge in [0.1, 0.15) is 37.5 Å². The van der Waals surface area contributed by atoms with Crippen LogP contribution in [-0.2, 0) is 45.1 Å². The number of hydrogen-bond donors (Lipinski definition) is 6. The van der Waals surface area contributed by atoms with Gasteiger partial charge in [-0.2, -0.15) is 0 Å². The van der Waals surface area contributed by atoms with E-state index in [-0.39, 0.29) is 37.9 Å². The number of carbonyl (C=O) groups is 4. The second-order valence-electron chi connectivity index (χ2n) is 14.4. The molecule has 0 saturated carbocycles. The molecule has 298 valence electrons. The highest BCUT2D eigenvalue weighted by atomic mass is 16.6. The topological polar surface area (TPSA) is 175 Å². The lowest BCUT2D eigenvalue weighted by Gasteiger charge is -2.35. The number of aliphatic hydroxyl groups is 2. The van der Waals surface area contributed by atoms with E-state index in [2.05, 4.69) is 21.3 Å². The summed E-state index contributed by atoms with van der Waals surface area (Å²) in [6, 6.07) is 32.3. The summed E-state index contributed by atoms with van der Waals surface area (Å²) >= 11 is 0. The van der Waals surface area contributed by atoms with Crippen LogP contribution in [0.15, 0.2) is 121 Å². The fourth-order valence-corrected chi connectivity index (χ4v) is 6.12. The molecule has 6 N–H and O–H groups in total. The third kappa shape index (κ3) is 13.8. The van der Waals surface area contributed by atoms with Crippen molar-refractivity contribution in [1.82, 2.24) is 21.3 Å². The number of ether oxygens (including phenoxy) is 2.